The predicted octanol–water partition coefficient (Wildman–Crippen LogP) is 5.18. The Bertz CT molecular complexity index is 835. The van der Waals surface area contributed by atoms with E-state index in [-0.39, 0.29) is 10.7 Å². The molecule has 8 heteroatoms. The fourth-order valence-corrected chi connectivity index (χ4v) is 2.34. The van der Waals surface area contributed by atoms with Crippen molar-refractivity contribution in [3.63, 3.8) is 0 Å². The Kier molecular flexibility index (Phi) is 6.15. The highest BCUT2D eigenvalue weighted by Crippen LogP contribution is 2.36. The molecule has 0 atom stereocenters. The molecule has 0 bridgehead atoms. The van der Waals surface area contributed by atoms with Crippen LogP contribution in [0.25, 0.3) is 0 Å². The largest absolute Gasteiger partial charge is 0.493 e. The fraction of sp³-hybridized carbons (Fsp3) is 0.167. The van der Waals surface area contributed by atoms with Gasteiger partial charge in [-0.05, 0) is 36.4 Å². The minimum Gasteiger partial charge on any atom is -0.493 e. The van der Waals surface area contributed by atoms with Crippen LogP contribution in [0.4, 0.5) is 18.9 Å². The molecule has 2 aromatic rings. The smallest absolute Gasteiger partial charge is 0.418 e. The quantitative estimate of drug-likeness (QED) is 0.549. The molecule has 0 saturated carbocycles. The zero-order valence-corrected chi connectivity index (χ0v) is 14.6. The van der Waals surface area contributed by atoms with Gasteiger partial charge in [0.25, 0.3) is 0 Å². The van der Waals surface area contributed by atoms with E-state index in [9.17, 15) is 18.0 Å². The van der Waals surface area contributed by atoms with Crippen molar-refractivity contribution >= 4 is 23.1 Å². The summed E-state index contributed by atoms with van der Waals surface area (Å²) < 4.78 is 49.2. The molecule has 4 nitrogen and oxygen atoms in total. The van der Waals surface area contributed by atoms with Gasteiger partial charge in [0.2, 0.25) is 0 Å². The Labute approximate surface area is 153 Å². The average Bonchev–Trinajstić information content (AvgIpc) is 2.61. The predicted molar refractivity (Wildman–Crippen MR) is 93.1 cm³/mol. The number of alkyl halides is 3. The van der Waals surface area contributed by atoms with E-state index in [1.165, 1.54) is 38.5 Å². The fourth-order valence-electron chi connectivity index (χ4n) is 2.17. The number of benzene rings is 2. The van der Waals surface area contributed by atoms with Gasteiger partial charge in [-0.3, -0.25) is 4.79 Å². The van der Waals surface area contributed by atoms with Crippen LogP contribution in [0.5, 0.6) is 11.5 Å². The second-order valence-corrected chi connectivity index (χ2v) is 5.54. The molecule has 0 spiro atoms. The first kappa shape index (κ1) is 19.7. The monoisotopic (exact) mass is 385 g/mol. The summed E-state index contributed by atoms with van der Waals surface area (Å²) in [6.07, 6.45) is -2.32. The van der Waals surface area contributed by atoms with Gasteiger partial charge in [0.1, 0.15) is 0 Å². The number of methoxy groups -OCH3 is 2. The molecule has 26 heavy (non-hydrogen) atoms. The molecule has 0 heterocycles. The molecule has 2 rings (SSSR count). The number of rotatable bonds is 6. The summed E-state index contributed by atoms with van der Waals surface area (Å²) in [6.45, 7) is 0. The van der Waals surface area contributed by atoms with Crippen molar-refractivity contribution < 1.29 is 27.4 Å². The first-order valence-corrected chi connectivity index (χ1v) is 7.70. The number of hydrogen-bond acceptors (Lipinski definition) is 4. The second kappa shape index (κ2) is 8.14. The molecule has 0 amide bonds. The Morgan fingerprint density at radius 3 is 2.38 bits per heavy atom. The minimum absolute atomic E-state index is 0.0340. The van der Waals surface area contributed by atoms with Gasteiger partial charge < -0.3 is 14.8 Å². The van der Waals surface area contributed by atoms with Gasteiger partial charge in [-0.2, -0.15) is 13.2 Å². The molecule has 2 aromatic carbocycles. The lowest BCUT2D eigenvalue weighted by Gasteiger charge is -2.12. The van der Waals surface area contributed by atoms with E-state index >= 15 is 0 Å². The molecule has 0 radical (unpaired) electrons. The molecule has 0 aliphatic heterocycles. The van der Waals surface area contributed by atoms with Crippen molar-refractivity contribution in [3.8, 4) is 11.5 Å². The number of nitrogens with one attached hydrogen (secondary N) is 1. The molecule has 138 valence electrons. The lowest BCUT2D eigenvalue weighted by atomic mass is 10.1. The average molecular weight is 386 g/mol. The summed E-state index contributed by atoms with van der Waals surface area (Å²) in [7, 11) is 2.90. The summed E-state index contributed by atoms with van der Waals surface area (Å²) in [5.74, 6) is 0.417. The Balaban J connectivity index is 2.18. The third-order valence-electron chi connectivity index (χ3n) is 3.43. The number of ketones is 1. The van der Waals surface area contributed by atoms with Crippen molar-refractivity contribution in [3.05, 3.63) is 64.8 Å². The van der Waals surface area contributed by atoms with Crippen molar-refractivity contribution in [1.82, 2.24) is 0 Å². The highest BCUT2D eigenvalue weighted by atomic mass is 35.5. The molecule has 0 fully saturated rings. The number of halogens is 4. The summed E-state index contributed by atoms with van der Waals surface area (Å²) in [4.78, 5) is 12.2. The third-order valence-corrected chi connectivity index (χ3v) is 3.66. The maximum atomic E-state index is 13.0. The highest BCUT2D eigenvalue weighted by molar-refractivity contribution is 6.30. The van der Waals surface area contributed by atoms with Crippen LogP contribution in [0.3, 0.4) is 0 Å². The number of carbonyl (C=O) groups is 1. The second-order valence-electron chi connectivity index (χ2n) is 5.10. The number of carbonyl (C=O) groups excluding carboxylic acids is 1. The van der Waals surface area contributed by atoms with E-state index in [0.717, 1.165) is 18.3 Å². The van der Waals surface area contributed by atoms with Crippen LogP contribution in [-0.4, -0.2) is 20.0 Å². The summed E-state index contributed by atoms with van der Waals surface area (Å²) in [5, 5.41) is 2.43. The zero-order valence-electron chi connectivity index (χ0n) is 13.9. The van der Waals surface area contributed by atoms with E-state index < -0.39 is 17.5 Å². The maximum Gasteiger partial charge on any atom is 0.418 e. The molecule has 0 unspecified atom stereocenters. The molecule has 1 N–H and O–H groups in total. The molecule has 0 aliphatic rings. The first-order valence-electron chi connectivity index (χ1n) is 7.32. The van der Waals surface area contributed by atoms with E-state index in [0.29, 0.717) is 17.1 Å². The number of ether oxygens (including phenoxy) is 2. The van der Waals surface area contributed by atoms with E-state index in [4.69, 9.17) is 21.1 Å². The van der Waals surface area contributed by atoms with Gasteiger partial charge in [0.05, 0.1) is 25.5 Å². The van der Waals surface area contributed by atoms with Crippen molar-refractivity contribution in [2.24, 2.45) is 0 Å². The molecule has 0 aromatic heterocycles. The van der Waals surface area contributed by atoms with E-state index in [1.54, 1.807) is 6.07 Å². The summed E-state index contributed by atoms with van der Waals surface area (Å²) in [6, 6.07) is 7.90. The van der Waals surface area contributed by atoms with Crippen molar-refractivity contribution in [1.29, 1.82) is 0 Å². The SMILES string of the molecule is COc1ccc(C(=O)/C=C/Nc2ccc(Cl)cc2C(F)(F)F)cc1OC. The Morgan fingerprint density at radius 1 is 1.08 bits per heavy atom. The van der Waals surface area contributed by atoms with Crippen LogP contribution in [0.1, 0.15) is 15.9 Å². The first-order chi connectivity index (χ1) is 12.3. The summed E-state index contributed by atoms with van der Waals surface area (Å²) >= 11 is 5.62. The number of allylic oxidation sites excluding steroid dienone is 1. The van der Waals surface area contributed by atoms with Gasteiger partial charge in [0, 0.05) is 22.9 Å². The van der Waals surface area contributed by atoms with Crippen LogP contribution < -0.4 is 14.8 Å². The molecule has 0 aliphatic carbocycles. The van der Waals surface area contributed by atoms with Gasteiger partial charge in [-0.25, -0.2) is 0 Å². The van der Waals surface area contributed by atoms with Crippen LogP contribution in [0, 0.1) is 0 Å². The molecule has 0 saturated heterocycles. The lowest BCUT2D eigenvalue weighted by molar-refractivity contribution is -0.136. The Hall–Kier alpha value is -2.67. The minimum atomic E-state index is -4.57. The van der Waals surface area contributed by atoms with Crippen LogP contribution in [0.2, 0.25) is 5.02 Å². The van der Waals surface area contributed by atoms with Crippen LogP contribution in [0.15, 0.2) is 48.7 Å². The van der Waals surface area contributed by atoms with E-state index in [1.807, 2.05) is 0 Å². The maximum absolute atomic E-state index is 13.0. The van der Waals surface area contributed by atoms with Gasteiger partial charge in [-0.15, -0.1) is 0 Å². The van der Waals surface area contributed by atoms with Crippen molar-refractivity contribution in [2.75, 3.05) is 19.5 Å². The molecular formula is C18H15ClF3NO3. The highest BCUT2D eigenvalue weighted by Gasteiger charge is 2.33. The topological polar surface area (TPSA) is 47.6 Å². The third kappa shape index (κ3) is 4.70. The van der Waals surface area contributed by atoms with Gasteiger partial charge >= 0.3 is 6.18 Å². The van der Waals surface area contributed by atoms with Crippen LogP contribution in [-0.2, 0) is 6.18 Å². The normalized spacial score (nSPS) is 11.5. The summed E-state index contributed by atoms with van der Waals surface area (Å²) in [5.41, 5.74) is -0.834. The van der Waals surface area contributed by atoms with Gasteiger partial charge in [-0.1, -0.05) is 11.6 Å². The molecular weight excluding hydrogens is 371 g/mol. The van der Waals surface area contributed by atoms with Crippen molar-refractivity contribution in [2.45, 2.75) is 6.18 Å². The Morgan fingerprint density at radius 2 is 1.77 bits per heavy atom. The number of hydrogen-bond donors (Lipinski definition) is 1. The van der Waals surface area contributed by atoms with Gasteiger partial charge in [0.15, 0.2) is 17.3 Å². The van der Waals surface area contributed by atoms with Crippen LogP contribution >= 0.6 is 11.6 Å². The lowest BCUT2D eigenvalue weighted by Crippen LogP contribution is -2.08. The number of anilines is 1. The standard InChI is InChI=1S/C18H15ClF3NO3/c1-25-16-6-3-11(9-17(16)26-2)15(24)7-8-23-14-5-4-12(19)10-13(14)18(20,21)22/h3-10,23H,1-2H3/b8-7+. The zero-order chi connectivity index (χ0) is 19.3. The van der Waals surface area contributed by atoms with E-state index in [2.05, 4.69) is 5.32 Å².